The monoisotopic (exact) mass is 290 g/mol. The number of anilines is 1. The van der Waals surface area contributed by atoms with E-state index < -0.39 is 31.4 Å². The molecular weight excluding hydrogens is 274 g/mol. The molecule has 2 atom stereocenters. The maximum Gasteiger partial charge on any atom is 0.387 e. The second-order valence-electron chi connectivity index (χ2n) is 4.03. The van der Waals surface area contributed by atoms with E-state index in [1.165, 1.54) is 31.2 Å². The summed E-state index contributed by atoms with van der Waals surface area (Å²) >= 11 is 0. The molecule has 0 saturated carbocycles. The smallest absolute Gasteiger partial charge is 0.387 e. The van der Waals surface area contributed by atoms with Crippen LogP contribution in [0.4, 0.5) is 19.3 Å². The molecular formula is C12H16F2N2O4. The van der Waals surface area contributed by atoms with Crippen LogP contribution in [0, 0.1) is 0 Å². The molecule has 0 heterocycles. The average Bonchev–Trinajstić information content (AvgIpc) is 2.37. The molecule has 4 N–H and O–H groups in total. The molecule has 0 aliphatic carbocycles. The van der Waals surface area contributed by atoms with Gasteiger partial charge in [-0.3, -0.25) is 0 Å². The Kier molecular flexibility index (Phi) is 6.13. The van der Waals surface area contributed by atoms with Gasteiger partial charge in [-0.05, 0) is 31.2 Å². The summed E-state index contributed by atoms with van der Waals surface area (Å²) in [6, 6.07) is 3.89. The van der Waals surface area contributed by atoms with Gasteiger partial charge in [-0.15, -0.1) is 0 Å². The van der Waals surface area contributed by atoms with Crippen molar-refractivity contribution in [2.24, 2.45) is 0 Å². The molecule has 0 radical (unpaired) electrons. The normalized spacial score (nSPS) is 13.7. The van der Waals surface area contributed by atoms with Crippen molar-refractivity contribution in [1.29, 1.82) is 0 Å². The Labute approximate surface area is 114 Å². The van der Waals surface area contributed by atoms with Crippen LogP contribution in [0.3, 0.4) is 0 Å². The van der Waals surface area contributed by atoms with Gasteiger partial charge in [-0.25, -0.2) is 4.79 Å². The summed E-state index contributed by atoms with van der Waals surface area (Å²) in [7, 11) is 0. The highest BCUT2D eigenvalue weighted by atomic mass is 19.3. The SMILES string of the molecule is C[C@H](O)[C@@H](CO)NC(=O)Nc1ccc(OC(F)F)cc1. The van der Waals surface area contributed by atoms with E-state index in [0.717, 1.165) is 0 Å². The van der Waals surface area contributed by atoms with Crippen LogP contribution < -0.4 is 15.4 Å². The predicted molar refractivity (Wildman–Crippen MR) is 67.8 cm³/mol. The lowest BCUT2D eigenvalue weighted by Crippen LogP contribution is -2.46. The van der Waals surface area contributed by atoms with Crippen molar-refractivity contribution < 1.29 is 28.5 Å². The molecule has 112 valence electrons. The highest BCUT2D eigenvalue weighted by Crippen LogP contribution is 2.17. The van der Waals surface area contributed by atoms with E-state index in [1.807, 2.05) is 0 Å². The Morgan fingerprint density at radius 3 is 2.40 bits per heavy atom. The first-order valence-corrected chi connectivity index (χ1v) is 5.83. The minimum absolute atomic E-state index is 0.0248. The molecule has 20 heavy (non-hydrogen) atoms. The lowest BCUT2D eigenvalue weighted by molar-refractivity contribution is -0.0498. The maximum atomic E-state index is 11.9. The average molecular weight is 290 g/mol. The third-order valence-corrected chi connectivity index (χ3v) is 2.43. The molecule has 1 aromatic carbocycles. The number of amides is 2. The van der Waals surface area contributed by atoms with E-state index in [9.17, 15) is 18.7 Å². The third kappa shape index (κ3) is 5.37. The number of ether oxygens (including phenoxy) is 1. The van der Waals surface area contributed by atoms with Crippen molar-refractivity contribution in [3.05, 3.63) is 24.3 Å². The molecule has 6 nitrogen and oxygen atoms in total. The third-order valence-electron chi connectivity index (χ3n) is 2.43. The number of carbonyl (C=O) groups is 1. The van der Waals surface area contributed by atoms with E-state index in [1.54, 1.807) is 0 Å². The van der Waals surface area contributed by atoms with Crippen molar-refractivity contribution >= 4 is 11.7 Å². The van der Waals surface area contributed by atoms with Gasteiger partial charge in [0.05, 0.1) is 18.8 Å². The zero-order valence-electron chi connectivity index (χ0n) is 10.7. The quantitative estimate of drug-likeness (QED) is 0.632. The molecule has 0 aliphatic heterocycles. The number of benzene rings is 1. The molecule has 0 saturated heterocycles. The van der Waals surface area contributed by atoms with Gasteiger partial charge in [0.15, 0.2) is 0 Å². The molecule has 0 unspecified atom stereocenters. The van der Waals surface area contributed by atoms with Gasteiger partial charge >= 0.3 is 12.6 Å². The van der Waals surface area contributed by atoms with Gasteiger partial charge in [0.25, 0.3) is 0 Å². The minimum Gasteiger partial charge on any atom is -0.435 e. The summed E-state index contributed by atoms with van der Waals surface area (Å²) in [5.74, 6) is -0.0248. The van der Waals surface area contributed by atoms with Crippen molar-refractivity contribution in [2.45, 2.75) is 25.7 Å². The van der Waals surface area contributed by atoms with E-state index in [-0.39, 0.29) is 5.75 Å². The van der Waals surface area contributed by atoms with E-state index >= 15 is 0 Å². The fraction of sp³-hybridized carbons (Fsp3) is 0.417. The first kappa shape index (κ1) is 16.1. The van der Waals surface area contributed by atoms with Crippen molar-refractivity contribution in [1.82, 2.24) is 5.32 Å². The van der Waals surface area contributed by atoms with Crippen LogP contribution in [0.5, 0.6) is 5.75 Å². The Morgan fingerprint density at radius 1 is 1.35 bits per heavy atom. The van der Waals surface area contributed by atoms with E-state index in [0.29, 0.717) is 5.69 Å². The number of aliphatic hydroxyl groups is 2. The first-order valence-electron chi connectivity index (χ1n) is 5.83. The summed E-state index contributed by atoms with van der Waals surface area (Å²) in [4.78, 5) is 11.6. The fourth-order valence-corrected chi connectivity index (χ4v) is 1.37. The molecule has 0 spiro atoms. The highest BCUT2D eigenvalue weighted by molar-refractivity contribution is 5.89. The second kappa shape index (κ2) is 7.61. The Morgan fingerprint density at radius 2 is 1.95 bits per heavy atom. The van der Waals surface area contributed by atoms with Crippen molar-refractivity contribution in [3.8, 4) is 5.75 Å². The topological polar surface area (TPSA) is 90.8 Å². The number of aliphatic hydroxyl groups excluding tert-OH is 2. The number of alkyl halides is 2. The highest BCUT2D eigenvalue weighted by Gasteiger charge is 2.16. The molecule has 0 aromatic heterocycles. The number of halogens is 2. The number of rotatable bonds is 6. The van der Waals surface area contributed by atoms with Crippen LogP contribution in [0.2, 0.25) is 0 Å². The lowest BCUT2D eigenvalue weighted by atomic mass is 10.2. The molecule has 0 bridgehead atoms. The van der Waals surface area contributed by atoms with Crippen LogP contribution in [-0.2, 0) is 0 Å². The van der Waals surface area contributed by atoms with E-state index in [4.69, 9.17) is 5.11 Å². The number of hydrogen-bond acceptors (Lipinski definition) is 4. The predicted octanol–water partition coefficient (Wildman–Crippen LogP) is 1.15. The number of carbonyl (C=O) groups excluding carboxylic acids is 1. The Balaban J connectivity index is 2.53. The van der Waals surface area contributed by atoms with Gasteiger partial charge in [0, 0.05) is 5.69 Å². The zero-order chi connectivity index (χ0) is 15.1. The van der Waals surface area contributed by atoms with Crippen LogP contribution in [0.1, 0.15) is 6.92 Å². The van der Waals surface area contributed by atoms with Gasteiger partial charge in [-0.1, -0.05) is 0 Å². The van der Waals surface area contributed by atoms with Crippen LogP contribution in [0.15, 0.2) is 24.3 Å². The summed E-state index contributed by atoms with van der Waals surface area (Å²) in [6.45, 7) is -1.89. The molecule has 0 fully saturated rings. The van der Waals surface area contributed by atoms with Crippen LogP contribution in [0.25, 0.3) is 0 Å². The Bertz CT molecular complexity index is 426. The van der Waals surface area contributed by atoms with Gasteiger partial charge < -0.3 is 25.6 Å². The summed E-state index contributed by atoms with van der Waals surface area (Å²) in [6.07, 6.45) is -0.910. The molecule has 2 amide bonds. The lowest BCUT2D eigenvalue weighted by Gasteiger charge is -2.19. The Hall–Kier alpha value is -1.93. The minimum atomic E-state index is -2.91. The second-order valence-corrected chi connectivity index (χ2v) is 4.03. The number of nitrogens with one attached hydrogen (secondary N) is 2. The van der Waals surface area contributed by atoms with Crippen LogP contribution >= 0.6 is 0 Å². The van der Waals surface area contributed by atoms with Crippen LogP contribution in [-0.4, -0.2) is 41.6 Å². The standard InChI is InChI=1S/C12H16F2N2O4/c1-7(18)10(6-17)16-12(19)15-8-2-4-9(5-3-8)20-11(13)14/h2-5,7,10-11,17-18H,6H2,1H3,(H2,15,16,19)/t7-,10+/m0/s1. The fourth-order valence-electron chi connectivity index (χ4n) is 1.37. The first-order chi connectivity index (χ1) is 9.42. The summed E-state index contributed by atoms with van der Waals surface area (Å²) < 4.78 is 28.0. The molecule has 0 aliphatic rings. The zero-order valence-corrected chi connectivity index (χ0v) is 10.7. The van der Waals surface area contributed by atoms with Crippen molar-refractivity contribution in [2.75, 3.05) is 11.9 Å². The number of urea groups is 1. The largest absolute Gasteiger partial charge is 0.435 e. The molecule has 8 heteroatoms. The number of hydrogen-bond donors (Lipinski definition) is 4. The summed E-state index contributed by atoms with van der Waals surface area (Å²) in [5.41, 5.74) is 0.353. The van der Waals surface area contributed by atoms with E-state index in [2.05, 4.69) is 15.4 Å². The van der Waals surface area contributed by atoms with Gasteiger partial charge in [-0.2, -0.15) is 8.78 Å². The summed E-state index contributed by atoms with van der Waals surface area (Å²) in [5, 5.41) is 23.0. The molecule has 1 rings (SSSR count). The van der Waals surface area contributed by atoms with Gasteiger partial charge in [0.1, 0.15) is 5.75 Å². The van der Waals surface area contributed by atoms with Crippen molar-refractivity contribution in [3.63, 3.8) is 0 Å². The van der Waals surface area contributed by atoms with Gasteiger partial charge in [0.2, 0.25) is 0 Å². The maximum absolute atomic E-state index is 11.9. The molecule has 1 aromatic rings.